The maximum Gasteiger partial charge on any atom is 0.146 e. The summed E-state index contributed by atoms with van der Waals surface area (Å²) >= 11 is 0. The number of hydrogen-bond acceptors (Lipinski definition) is 3. The Kier molecular flexibility index (Phi) is 2.62. The number of ether oxygens (including phenoxy) is 1. The molecule has 0 aliphatic carbocycles. The van der Waals surface area contributed by atoms with Crippen LogP contribution in [0.2, 0.25) is 0 Å². The number of hydrogen-bond donors (Lipinski definition) is 1. The summed E-state index contributed by atoms with van der Waals surface area (Å²) in [7, 11) is 1.80. The number of ketones is 1. The van der Waals surface area contributed by atoms with Gasteiger partial charge in [-0.1, -0.05) is 0 Å². The molecule has 0 aromatic rings. The average molecular weight is 157 g/mol. The molecule has 1 aliphatic heterocycles. The average Bonchev–Trinajstić information content (AvgIpc) is 2.61. The molecule has 0 radical (unpaired) electrons. The monoisotopic (exact) mass is 157 g/mol. The number of likely N-dealkylation sites (N-methyl/N-ethyl adjacent to an activating group) is 1. The fraction of sp³-hybridized carbons (Fsp3) is 0.875. The van der Waals surface area contributed by atoms with Crippen molar-refractivity contribution in [3.8, 4) is 0 Å². The zero-order chi connectivity index (χ0) is 8.43. The molecule has 0 aromatic heterocycles. The second-order valence-corrected chi connectivity index (χ2v) is 3.07. The Morgan fingerprint density at radius 1 is 1.73 bits per heavy atom. The number of carbonyl (C=O) groups excluding carboxylic acids is 1. The van der Waals surface area contributed by atoms with Gasteiger partial charge in [-0.15, -0.1) is 0 Å². The molecule has 3 nitrogen and oxygen atoms in total. The molecular weight excluding hydrogens is 142 g/mol. The van der Waals surface area contributed by atoms with Crippen LogP contribution in [0.4, 0.5) is 0 Å². The summed E-state index contributed by atoms with van der Waals surface area (Å²) < 4.78 is 5.21. The van der Waals surface area contributed by atoms with Gasteiger partial charge in [0.05, 0.1) is 18.2 Å². The molecule has 3 atom stereocenters. The molecule has 1 aliphatic rings. The zero-order valence-corrected chi connectivity index (χ0v) is 7.26. The van der Waals surface area contributed by atoms with E-state index in [1.165, 1.54) is 0 Å². The first-order chi connectivity index (χ1) is 5.15. The van der Waals surface area contributed by atoms with Gasteiger partial charge in [0.1, 0.15) is 5.78 Å². The van der Waals surface area contributed by atoms with Gasteiger partial charge in [0.2, 0.25) is 0 Å². The van der Waals surface area contributed by atoms with Crippen molar-refractivity contribution < 1.29 is 9.53 Å². The van der Waals surface area contributed by atoms with Gasteiger partial charge >= 0.3 is 0 Å². The van der Waals surface area contributed by atoms with E-state index in [1.807, 2.05) is 6.92 Å². The number of rotatable bonds is 4. The highest BCUT2D eigenvalue weighted by Crippen LogP contribution is 2.25. The summed E-state index contributed by atoms with van der Waals surface area (Å²) in [4.78, 5) is 10.9. The van der Waals surface area contributed by atoms with E-state index in [9.17, 15) is 4.79 Å². The summed E-state index contributed by atoms with van der Waals surface area (Å²) in [5.41, 5.74) is 0. The van der Waals surface area contributed by atoms with E-state index in [2.05, 4.69) is 5.32 Å². The molecule has 0 saturated carbocycles. The first-order valence-electron chi connectivity index (χ1n) is 3.98. The van der Waals surface area contributed by atoms with Gasteiger partial charge in [-0.25, -0.2) is 0 Å². The normalized spacial score (nSPS) is 31.5. The van der Waals surface area contributed by atoms with Crippen molar-refractivity contribution in [2.24, 2.45) is 0 Å². The van der Waals surface area contributed by atoms with Gasteiger partial charge in [-0.05, 0) is 27.3 Å². The summed E-state index contributed by atoms with van der Waals surface area (Å²) in [5, 5.41) is 2.96. The standard InChI is InChI=1S/C8H15NO2/c1-5(10)7(9-3)4-8-6(2)11-8/h6-9H,4H2,1-3H3. The van der Waals surface area contributed by atoms with Crippen LogP contribution in [0.25, 0.3) is 0 Å². The molecule has 1 heterocycles. The van der Waals surface area contributed by atoms with Crippen LogP contribution in [-0.2, 0) is 9.53 Å². The molecule has 3 heteroatoms. The van der Waals surface area contributed by atoms with E-state index in [0.717, 1.165) is 6.42 Å². The van der Waals surface area contributed by atoms with Gasteiger partial charge in [0.25, 0.3) is 0 Å². The van der Waals surface area contributed by atoms with E-state index in [-0.39, 0.29) is 11.8 Å². The van der Waals surface area contributed by atoms with Crippen molar-refractivity contribution in [3.05, 3.63) is 0 Å². The fourth-order valence-electron chi connectivity index (χ4n) is 1.20. The van der Waals surface area contributed by atoms with Crippen molar-refractivity contribution in [2.45, 2.75) is 38.5 Å². The molecular formula is C8H15NO2. The van der Waals surface area contributed by atoms with E-state index in [0.29, 0.717) is 12.2 Å². The molecule has 1 saturated heterocycles. The van der Waals surface area contributed by atoms with E-state index < -0.39 is 0 Å². The Balaban J connectivity index is 2.27. The van der Waals surface area contributed by atoms with Crippen LogP contribution in [0, 0.1) is 0 Å². The molecule has 64 valence electrons. The van der Waals surface area contributed by atoms with Crippen molar-refractivity contribution >= 4 is 5.78 Å². The van der Waals surface area contributed by atoms with Gasteiger partial charge in [0.15, 0.2) is 0 Å². The minimum absolute atomic E-state index is 0.0232. The van der Waals surface area contributed by atoms with Gasteiger partial charge in [0, 0.05) is 0 Å². The molecule has 1 fully saturated rings. The Labute approximate surface area is 67.1 Å². The van der Waals surface area contributed by atoms with Crippen molar-refractivity contribution in [1.82, 2.24) is 5.32 Å². The van der Waals surface area contributed by atoms with E-state index in [1.54, 1.807) is 14.0 Å². The van der Waals surface area contributed by atoms with E-state index in [4.69, 9.17) is 4.74 Å². The summed E-state index contributed by atoms with van der Waals surface area (Å²) in [6, 6.07) is -0.0232. The highest BCUT2D eigenvalue weighted by Gasteiger charge is 2.36. The Morgan fingerprint density at radius 2 is 2.27 bits per heavy atom. The van der Waals surface area contributed by atoms with Crippen LogP contribution >= 0.6 is 0 Å². The highest BCUT2D eigenvalue weighted by atomic mass is 16.6. The Hall–Kier alpha value is -0.410. The molecule has 0 amide bonds. The summed E-state index contributed by atoms with van der Waals surface area (Å²) in [5.74, 6) is 0.190. The molecule has 11 heavy (non-hydrogen) atoms. The lowest BCUT2D eigenvalue weighted by molar-refractivity contribution is -0.119. The van der Waals surface area contributed by atoms with Crippen LogP contribution in [0.3, 0.4) is 0 Å². The van der Waals surface area contributed by atoms with E-state index >= 15 is 0 Å². The second kappa shape index (κ2) is 3.32. The minimum atomic E-state index is -0.0232. The quantitative estimate of drug-likeness (QED) is 0.598. The Bertz CT molecular complexity index is 158. The van der Waals surface area contributed by atoms with Crippen LogP contribution in [0.5, 0.6) is 0 Å². The zero-order valence-electron chi connectivity index (χ0n) is 7.26. The number of Topliss-reactive ketones (excluding diaryl/α,β-unsaturated/α-hetero) is 1. The third-order valence-electron chi connectivity index (χ3n) is 2.14. The number of epoxide rings is 1. The van der Waals surface area contributed by atoms with Gasteiger partial charge < -0.3 is 10.1 Å². The van der Waals surface area contributed by atoms with Crippen molar-refractivity contribution in [3.63, 3.8) is 0 Å². The largest absolute Gasteiger partial charge is 0.370 e. The van der Waals surface area contributed by atoms with Crippen molar-refractivity contribution in [1.29, 1.82) is 0 Å². The van der Waals surface area contributed by atoms with Crippen LogP contribution in [0.1, 0.15) is 20.3 Å². The Morgan fingerprint density at radius 3 is 2.55 bits per heavy atom. The molecule has 0 bridgehead atoms. The van der Waals surface area contributed by atoms with Gasteiger partial charge in [-0.3, -0.25) is 4.79 Å². The van der Waals surface area contributed by atoms with Gasteiger partial charge in [-0.2, -0.15) is 0 Å². The topological polar surface area (TPSA) is 41.6 Å². The summed E-state index contributed by atoms with van der Waals surface area (Å²) in [6.07, 6.45) is 1.47. The first kappa shape index (κ1) is 8.68. The molecule has 0 spiro atoms. The third-order valence-corrected chi connectivity index (χ3v) is 2.14. The smallest absolute Gasteiger partial charge is 0.146 e. The van der Waals surface area contributed by atoms with Crippen LogP contribution < -0.4 is 5.32 Å². The minimum Gasteiger partial charge on any atom is -0.370 e. The lowest BCUT2D eigenvalue weighted by Gasteiger charge is -2.09. The number of nitrogens with one attached hydrogen (secondary N) is 1. The molecule has 1 rings (SSSR count). The third kappa shape index (κ3) is 2.27. The molecule has 1 N–H and O–H groups in total. The van der Waals surface area contributed by atoms with Crippen LogP contribution in [-0.4, -0.2) is 31.1 Å². The predicted molar refractivity (Wildman–Crippen MR) is 42.5 cm³/mol. The van der Waals surface area contributed by atoms with Crippen molar-refractivity contribution in [2.75, 3.05) is 7.05 Å². The fourth-order valence-corrected chi connectivity index (χ4v) is 1.20. The van der Waals surface area contributed by atoms with Crippen LogP contribution in [0.15, 0.2) is 0 Å². The lowest BCUT2D eigenvalue weighted by Crippen LogP contribution is -2.33. The highest BCUT2D eigenvalue weighted by molar-refractivity contribution is 5.81. The SMILES string of the molecule is CNC(CC1OC1C)C(C)=O. The first-order valence-corrected chi connectivity index (χ1v) is 3.98. The molecule has 3 unspecified atom stereocenters. The predicted octanol–water partition coefficient (Wildman–Crippen LogP) is 0.341. The second-order valence-electron chi connectivity index (χ2n) is 3.07. The maximum atomic E-state index is 10.9. The summed E-state index contributed by atoms with van der Waals surface area (Å²) in [6.45, 7) is 3.63. The number of carbonyl (C=O) groups is 1. The maximum absolute atomic E-state index is 10.9. The lowest BCUT2D eigenvalue weighted by atomic mass is 10.1. The molecule has 0 aromatic carbocycles.